The molecule has 0 bridgehead atoms. The van der Waals surface area contributed by atoms with Crippen molar-refractivity contribution in [2.45, 2.75) is 46.6 Å². The summed E-state index contributed by atoms with van der Waals surface area (Å²) in [5.74, 6) is -0.305. The second-order valence-electron chi connectivity index (χ2n) is 9.09. The predicted molar refractivity (Wildman–Crippen MR) is 140 cm³/mol. The van der Waals surface area contributed by atoms with E-state index in [1.54, 1.807) is 52.8 Å². The van der Waals surface area contributed by atoms with Crippen molar-refractivity contribution in [1.29, 1.82) is 0 Å². The Bertz CT molecular complexity index is 1510. The number of hydrogen-bond donors (Lipinski definition) is 1. The molecule has 2 heterocycles. The number of dihydropyridines is 1. The molecule has 1 unspecified atom stereocenters. The molecule has 1 N–H and O–H groups in total. The molecule has 9 nitrogen and oxygen atoms in total. The van der Waals surface area contributed by atoms with E-state index < -0.39 is 24.3 Å². The third-order valence-corrected chi connectivity index (χ3v) is 6.05. The van der Waals surface area contributed by atoms with Crippen LogP contribution in [-0.2, 0) is 18.9 Å². The van der Waals surface area contributed by atoms with Gasteiger partial charge in [0.25, 0.3) is 0 Å². The van der Waals surface area contributed by atoms with Crippen LogP contribution in [0.5, 0.6) is 0 Å². The Balaban J connectivity index is 1.99. The number of ether oxygens (including phenoxy) is 4. The first-order chi connectivity index (χ1) is 18.1. The van der Waals surface area contributed by atoms with Crippen LogP contribution in [0.1, 0.15) is 44.7 Å². The lowest BCUT2D eigenvalue weighted by Gasteiger charge is -2.30. The van der Waals surface area contributed by atoms with Gasteiger partial charge in [0, 0.05) is 16.7 Å². The fourth-order valence-electron chi connectivity index (χ4n) is 4.37. The molecule has 1 aromatic heterocycles. The minimum atomic E-state index is -0.961. The summed E-state index contributed by atoms with van der Waals surface area (Å²) >= 11 is 0. The van der Waals surface area contributed by atoms with E-state index in [0.29, 0.717) is 33.7 Å². The zero-order chi connectivity index (χ0) is 27.6. The Morgan fingerprint density at radius 3 is 2.13 bits per heavy atom. The molecule has 0 fully saturated rings. The Morgan fingerprint density at radius 2 is 1.53 bits per heavy atom. The maximum atomic E-state index is 13.5. The number of nitrogens with one attached hydrogen (secondary N) is 1. The number of rotatable bonds is 5. The summed E-state index contributed by atoms with van der Waals surface area (Å²) < 4.78 is 27.6. The molecule has 3 aromatic rings. The molecule has 1 aliphatic rings. The van der Waals surface area contributed by atoms with Crippen molar-refractivity contribution in [2.24, 2.45) is 0 Å². The van der Waals surface area contributed by atoms with Gasteiger partial charge in [-0.1, -0.05) is 42.5 Å². The number of fused-ring (bicyclic) bond motifs is 1. The van der Waals surface area contributed by atoms with E-state index in [2.05, 4.69) is 5.32 Å². The molecule has 9 heteroatoms. The topological polar surface area (TPSA) is 113 Å². The standard InChI is InChI=1S/C29H29NO8/c1-15(2)35-29(33)38-26-18(5)30-17(4)25(37-28(32)34-6)22(26)20-13-10-14-21-23(31)16(3)24(36-27(20)21)19-11-8-7-9-12-19/h7-15,22,30H,1-6H3. The summed E-state index contributed by atoms with van der Waals surface area (Å²) in [5, 5.41) is 3.40. The summed E-state index contributed by atoms with van der Waals surface area (Å²) in [5.41, 5.74) is 2.65. The average Bonchev–Trinajstić information content (AvgIpc) is 2.88. The predicted octanol–water partition coefficient (Wildman–Crippen LogP) is 6.26. The molecule has 2 aromatic carbocycles. The zero-order valence-electron chi connectivity index (χ0n) is 22.0. The van der Waals surface area contributed by atoms with Crippen LogP contribution in [0, 0.1) is 6.92 Å². The molecule has 0 spiro atoms. The van der Waals surface area contributed by atoms with Crippen molar-refractivity contribution in [3.63, 3.8) is 0 Å². The van der Waals surface area contributed by atoms with E-state index in [-0.39, 0.29) is 22.5 Å². The number of carbonyl (C=O) groups is 2. The van der Waals surface area contributed by atoms with Crippen LogP contribution in [0.2, 0.25) is 0 Å². The highest BCUT2D eigenvalue weighted by Crippen LogP contribution is 2.42. The van der Waals surface area contributed by atoms with Crippen molar-refractivity contribution >= 4 is 23.3 Å². The van der Waals surface area contributed by atoms with E-state index in [1.807, 2.05) is 30.3 Å². The molecule has 1 atom stereocenters. The molecule has 198 valence electrons. The lowest BCUT2D eigenvalue weighted by Crippen LogP contribution is -2.29. The van der Waals surface area contributed by atoms with Gasteiger partial charge in [0.15, 0.2) is 5.43 Å². The molecular formula is C29H29NO8. The number of para-hydroxylation sites is 1. The molecule has 1 aliphatic heterocycles. The fraction of sp³-hybridized carbons (Fsp3) is 0.276. The van der Waals surface area contributed by atoms with Crippen LogP contribution in [-0.4, -0.2) is 25.5 Å². The lowest BCUT2D eigenvalue weighted by molar-refractivity contribution is 0.0468. The SMILES string of the molecule is COC(=O)OC1=C(C)NC(C)=C(OC(=O)OC(C)C)C1c1cccc2c(=O)c(C)c(-c3ccccc3)oc12. The largest absolute Gasteiger partial charge is 0.513 e. The molecule has 4 rings (SSSR count). The second kappa shape index (κ2) is 10.8. The first kappa shape index (κ1) is 26.5. The van der Waals surface area contributed by atoms with E-state index in [4.69, 9.17) is 23.4 Å². The van der Waals surface area contributed by atoms with Gasteiger partial charge in [-0.25, -0.2) is 9.59 Å². The van der Waals surface area contributed by atoms with Gasteiger partial charge in [0.05, 0.1) is 30.0 Å². The maximum Gasteiger partial charge on any atom is 0.513 e. The summed E-state index contributed by atoms with van der Waals surface area (Å²) in [6.45, 7) is 8.52. The third kappa shape index (κ3) is 5.13. The van der Waals surface area contributed by atoms with E-state index in [0.717, 1.165) is 5.56 Å². The first-order valence-corrected chi connectivity index (χ1v) is 12.1. The molecular weight excluding hydrogens is 490 g/mol. The van der Waals surface area contributed by atoms with E-state index >= 15 is 0 Å². The zero-order valence-corrected chi connectivity index (χ0v) is 22.0. The van der Waals surface area contributed by atoms with Crippen molar-refractivity contribution in [1.82, 2.24) is 5.32 Å². The summed E-state index contributed by atoms with van der Waals surface area (Å²) in [6.07, 6.45) is -2.31. The van der Waals surface area contributed by atoms with E-state index in [9.17, 15) is 14.4 Å². The molecule has 0 radical (unpaired) electrons. The minimum Gasteiger partial charge on any atom is -0.455 e. The summed E-state index contributed by atoms with van der Waals surface area (Å²) in [7, 11) is 1.19. The van der Waals surface area contributed by atoms with Gasteiger partial charge in [-0.2, -0.15) is 0 Å². The van der Waals surface area contributed by atoms with Gasteiger partial charge >= 0.3 is 12.3 Å². The number of carbonyl (C=O) groups excluding carboxylic acids is 2. The number of allylic oxidation sites excluding steroid dienone is 2. The fourth-order valence-corrected chi connectivity index (χ4v) is 4.37. The number of benzene rings is 2. The van der Waals surface area contributed by atoms with Gasteiger partial charge in [-0.15, -0.1) is 0 Å². The highest BCUT2D eigenvalue weighted by molar-refractivity contribution is 5.84. The molecule has 38 heavy (non-hydrogen) atoms. The van der Waals surface area contributed by atoms with Gasteiger partial charge < -0.3 is 28.7 Å². The third-order valence-electron chi connectivity index (χ3n) is 6.05. The quantitative estimate of drug-likeness (QED) is 0.390. The highest BCUT2D eigenvalue weighted by atomic mass is 16.7. The molecule has 0 amide bonds. The highest BCUT2D eigenvalue weighted by Gasteiger charge is 2.37. The second-order valence-corrected chi connectivity index (χ2v) is 9.09. The minimum absolute atomic E-state index is 0.117. The van der Waals surface area contributed by atoms with Crippen molar-refractivity contribution in [3.05, 3.63) is 92.8 Å². The van der Waals surface area contributed by atoms with Crippen LogP contribution < -0.4 is 10.7 Å². The number of methoxy groups -OCH3 is 1. The Labute approximate surface area is 219 Å². The van der Waals surface area contributed by atoms with Crippen molar-refractivity contribution in [3.8, 4) is 11.3 Å². The maximum absolute atomic E-state index is 13.5. The van der Waals surface area contributed by atoms with Gasteiger partial charge in [0.2, 0.25) is 0 Å². The van der Waals surface area contributed by atoms with Gasteiger partial charge in [-0.3, -0.25) is 4.79 Å². The van der Waals surface area contributed by atoms with Crippen molar-refractivity contribution < 1.29 is 33.0 Å². The van der Waals surface area contributed by atoms with Crippen LogP contribution in [0.15, 0.2) is 80.7 Å². The molecule has 0 saturated carbocycles. The summed E-state index contributed by atoms with van der Waals surface area (Å²) in [6, 6.07) is 14.4. The van der Waals surface area contributed by atoms with Crippen LogP contribution in [0.25, 0.3) is 22.3 Å². The van der Waals surface area contributed by atoms with Gasteiger partial charge in [0.1, 0.15) is 28.8 Å². The lowest BCUT2D eigenvalue weighted by atomic mass is 9.89. The first-order valence-electron chi connectivity index (χ1n) is 12.1. The monoisotopic (exact) mass is 519 g/mol. The van der Waals surface area contributed by atoms with Gasteiger partial charge in [-0.05, 0) is 40.7 Å². The van der Waals surface area contributed by atoms with Crippen LogP contribution in [0.4, 0.5) is 9.59 Å². The van der Waals surface area contributed by atoms with Crippen molar-refractivity contribution in [2.75, 3.05) is 7.11 Å². The Morgan fingerprint density at radius 1 is 0.895 bits per heavy atom. The normalized spacial score (nSPS) is 15.4. The van der Waals surface area contributed by atoms with Crippen LogP contribution >= 0.6 is 0 Å². The number of hydrogen-bond acceptors (Lipinski definition) is 9. The van der Waals surface area contributed by atoms with E-state index in [1.165, 1.54) is 7.11 Å². The van der Waals surface area contributed by atoms with Crippen LogP contribution in [0.3, 0.4) is 0 Å². The average molecular weight is 520 g/mol. The smallest absolute Gasteiger partial charge is 0.455 e. The summed E-state index contributed by atoms with van der Waals surface area (Å²) in [4.78, 5) is 38.3. The molecule has 0 saturated heterocycles. The Kier molecular flexibility index (Phi) is 7.57. The molecule has 0 aliphatic carbocycles. The Hall–Kier alpha value is -4.53.